The third-order valence-electron chi connectivity index (χ3n) is 3.59. The summed E-state index contributed by atoms with van der Waals surface area (Å²) in [5.74, 6) is 2.05. The first kappa shape index (κ1) is 15.4. The van der Waals surface area contributed by atoms with Crippen molar-refractivity contribution in [1.82, 2.24) is 0 Å². The van der Waals surface area contributed by atoms with Gasteiger partial charge in [-0.05, 0) is 50.2 Å². The Hall–Kier alpha value is -2.53. The fraction of sp³-hybridized carbons (Fsp3) is 0.176. The summed E-state index contributed by atoms with van der Waals surface area (Å²) >= 11 is 6.07. The third kappa shape index (κ3) is 3.00. The highest BCUT2D eigenvalue weighted by Gasteiger charge is 2.30. The van der Waals surface area contributed by atoms with Gasteiger partial charge in [-0.1, -0.05) is 11.6 Å². The van der Waals surface area contributed by atoms with Crippen LogP contribution in [-0.4, -0.2) is 4.92 Å². The summed E-state index contributed by atoms with van der Waals surface area (Å²) in [6, 6.07) is 11.7. The number of nitro groups is 1. The summed E-state index contributed by atoms with van der Waals surface area (Å²) in [4.78, 5) is 11.0. The van der Waals surface area contributed by atoms with Crippen LogP contribution in [0.5, 0.6) is 0 Å². The predicted molar refractivity (Wildman–Crippen MR) is 85.9 cm³/mol. The van der Waals surface area contributed by atoms with Gasteiger partial charge in [0.25, 0.3) is 5.69 Å². The molecule has 0 fully saturated rings. The van der Waals surface area contributed by atoms with E-state index in [9.17, 15) is 10.1 Å². The third-order valence-corrected chi connectivity index (χ3v) is 3.82. The van der Waals surface area contributed by atoms with Gasteiger partial charge in [-0.15, -0.1) is 0 Å². The number of hydrogen-bond donors (Lipinski definition) is 0. The van der Waals surface area contributed by atoms with E-state index >= 15 is 0 Å². The maximum Gasteiger partial charge on any atom is 0.273 e. The van der Waals surface area contributed by atoms with Crippen molar-refractivity contribution < 1.29 is 13.8 Å². The zero-order valence-electron chi connectivity index (χ0n) is 12.6. The number of aryl methyl sites for hydroxylation is 2. The quantitative estimate of drug-likeness (QED) is 0.484. The summed E-state index contributed by atoms with van der Waals surface area (Å²) in [5.41, 5.74) is 0.411. The molecule has 5 nitrogen and oxygen atoms in total. The van der Waals surface area contributed by atoms with Gasteiger partial charge in [-0.2, -0.15) is 0 Å². The van der Waals surface area contributed by atoms with Gasteiger partial charge in [0.05, 0.1) is 4.92 Å². The number of nitro benzene ring substituents is 1. The summed E-state index contributed by atoms with van der Waals surface area (Å²) in [6.45, 7) is 3.64. The van der Waals surface area contributed by atoms with Crippen molar-refractivity contribution in [2.75, 3.05) is 0 Å². The van der Waals surface area contributed by atoms with Crippen molar-refractivity contribution in [2.24, 2.45) is 0 Å². The molecular weight excluding hydrogens is 318 g/mol. The monoisotopic (exact) mass is 331 g/mol. The summed E-state index contributed by atoms with van der Waals surface area (Å²) < 4.78 is 11.4. The molecule has 2 heterocycles. The first-order chi connectivity index (χ1) is 11.0. The number of hydrogen-bond acceptors (Lipinski definition) is 4. The van der Waals surface area contributed by atoms with E-state index in [0.717, 1.165) is 11.5 Å². The first-order valence-corrected chi connectivity index (χ1v) is 7.40. The molecule has 2 aromatic heterocycles. The first-order valence-electron chi connectivity index (χ1n) is 7.02. The maximum atomic E-state index is 11.4. The van der Waals surface area contributed by atoms with E-state index in [1.807, 2.05) is 26.0 Å². The molecule has 0 bridgehead atoms. The summed E-state index contributed by atoms with van der Waals surface area (Å²) in [6.07, 6.45) is 0. The van der Waals surface area contributed by atoms with E-state index < -0.39 is 10.8 Å². The molecule has 0 unspecified atom stereocenters. The number of nitrogens with zero attached hydrogens (tertiary/aromatic N) is 1. The molecule has 0 atom stereocenters. The second-order valence-electron chi connectivity index (χ2n) is 5.29. The van der Waals surface area contributed by atoms with E-state index in [1.165, 1.54) is 12.1 Å². The molecule has 0 spiro atoms. The molecule has 0 aliphatic carbocycles. The topological polar surface area (TPSA) is 69.4 Å². The van der Waals surface area contributed by atoms with Crippen LogP contribution in [0.3, 0.4) is 0 Å². The van der Waals surface area contributed by atoms with Crippen LogP contribution in [0.4, 0.5) is 5.69 Å². The highest BCUT2D eigenvalue weighted by Crippen LogP contribution is 2.39. The number of benzene rings is 1. The van der Waals surface area contributed by atoms with Gasteiger partial charge in [0.1, 0.15) is 29.0 Å². The molecule has 1 aromatic carbocycles. The van der Waals surface area contributed by atoms with Gasteiger partial charge in [-0.3, -0.25) is 10.1 Å². The highest BCUT2D eigenvalue weighted by molar-refractivity contribution is 6.30. The average Bonchev–Trinajstić information content (AvgIpc) is 3.09. The van der Waals surface area contributed by atoms with Crippen molar-refractivity contribution in [3.8, 4) is 0 Å². The average molecular weight is 332 g/mol. The zero-order chi connectivity index (χ0) is 16.6. The molecule has 23 heavy (non-hydrogen) atoms. The minimum Gasteiger partial charge on any atom is -0.465 e. The Morgan fingerprint density at radius 3 is 2.00 bits per heavy atom. The molecule has 0 aliphatic rings. The van der Waals surface area contributed by atoms with Crippen LogP contribution in [0.25, 0.3) is 0 Å². The standard InChI is InChI=1S/C17H14ClNO4/c1-10-3-7-15(22-10)17(16-8-4-11(2)23-16)13-9-12(18)5-6-14(13)19(20)21/h3-9,17H,1-2H3. The predicted octanol–water partition coefficient (Wildman–Crippen LogP) is 5.23. The van der Waals surface area contributed by atoms with Crippen molar-refractivity contribution in [3.05, 3.63) is 86.2 Å². The molecule has 3 rings (SSSR count). The fourth-order valence-electron chi connectivity index (χ4n) is 2.59. The number of furan rings is 2. The van der Waals surface area contributed by atoms with E-state index in [1.54, 1.807) is 18.2 Å². The lowest BCUT2D eigenvalue weighted by atomic mass is 9.92. The van der Waals surface area contributed by atoms with Crippen LogP contribution in [0.15, 0.2) is 51.3 Å². The lowest BCUT2D eigenvalue weighted by Crippen LogP contribution is -2.05. The minimum absolute atomic E-state index is 0.0255. The molecule has 0 saturated carbocycles. The van der Waals surface area contributed by atoms with Gasteiger partial charge in [0.2, 0.25) is 0 Å². The molecule has 0 N–H and O–H groups in total. The van der Waals surface area contributed by atoms with E-state index in [-0.39, 0.29) is 5.69 Å². The van der Waals surface area contributed by atoms with Crippen LogP contribution in [0, 0.1) is 24.0 Å². The van der Waals surface area contributed by atoms with Crippen LogP contribution in [0.2, 0.25) is 5.02 Å². The summed E-state index contributed by atoms with van der Waals surface area (Å²) in [7, 11) is 0. The maximum absolute atomic E-state index is 11.4. The largest absolute Gasteiger partial charge is 0.465 e. The van der Waals surface area contributed by atoms with E-state index in [2.05, 4.69) is 0 Å². The molecule has 3 aromatic rings. The van der Waals surface area contributed by atoms with Crippen molar-refractivity contribution in [1.29, 1.82) is 0 Å². The fourth-order valence-corrected chi connectivity index (χ4v) is 2.77. The second-order valence-corrected chi connectivity index (χ2v) is 5.73. The molecule has 0 amide bonds. The molecule has 0 aliphatic heterocycles. The smallest absolute Gasteiger partial charge is 0.273 e. The van der Waals surface area contributed by atoms with Gasteiger partial charge in [0.15, 0.2) is 0 Å². The van der Waals surface area contributed by atoms with E-state index in [0.29, 0.717) is 22.1 Å². The molecule has 6 heteroatoms. The molecule has 0 saturated heterocycles. The second kappa shape index (κ2) is 5.93. The number of rotatable bonds is 4. The number of halogens is 1. The van der Waals surface area contributed by atoms with Gasteiger partial charge in [-0.25, -0.2) is 0 Å². The molecule has 118 valence electrons. The Morgan fingerprint density at radius 2 is 1.57 bits per heavy atom. The van der Waals surface area contributed by atoms with Gasteiger partial charge in [0, 0.05) is 16.7 Å². The van der Waals surface area contributed by atoms with Crippen LogP contribution in [0.1, 0.15) is 34.5 Å². The minimum atomic E-state index is -0.531. The Morgan fingerprint density at radius 1 is 1.00 bits per heavy atom. The zero-order valence-corrected chi connectivity index (χ0v) is 13.3. The Balaban J connectivity index is 2.24. The Kier molecular flexibility index (Phi) is 3.96. The normalized spacial score (nSPS) is 11.1. The Bertz CT molecular complexity index is 825. The van der Waals surface area contributed by atoms with Gasteiger partial charge < -0.3 is 8.83 Å². The molecule has 0 radical (unpaired) electrons. The van der Waals surface area contributed by atoms with Crippen LogP contribution in [-0.2, 0) is 0 Å². The van der Waals surface area contributed by atoms with Gasteiger partial charge >= 0.3 is 0 Å². The SMILES string of the molecule is Cc1ccc(C(c2ccc(C)o2)c2cc(Cl)ccc2[N+](=O)[O-])o1. The summed E-state index contributed by atoms with van der Waals surface area (Å²) in [5, 5.41) is 11.8. The van der Waals surface area contributed by atoms with Crippen molar-refractivity contribution in [2.45, 2.75) is 19.8 Å². The van der Waals surface area contributed by atoms with Crippen LogP contribution < -0.4 is 0 Å². The Labute approximate surface area is 137 Å². The lowest BCUT2D eigenvalue weighted by molar-refractivity contribution is -0.385. The molecular formula is C17H14ClNO4. The van der Waals surface area contributed by atoms with Crippen LogP contribution >= 0.6 is 11.6 Å². The lowest BCUT2D eigenvalue weighted by Gasteiger charge is -2.13. The van der Waals surface area contributed by atoms with Crippen molar-refractivity contribution in [3.63, 3.8) is 0 Å². The van der Waals surface area contributed by atoms with E-state index in [4.69, 9.17) is 20.4 Å². The highest BCUT2D eigenvalue weighted by atomic mass is 35.5. The van der Waals surface area contributed by atoms with Crippen molar-refractivity contribution >= 4 is 17.3 Å².